The van der Waals surface area contributed by atoms with Gasteiger partial charge in [-0.05, 0) is 24.5 Å². The van der Waals surface area contributed by atoms with E-state index in [4.69, 9.17) is 0 Å². The fourth-order valence-electron chi connectivity index (χ4n) is 3.27. The van der Waals surface area contributed by atoms with Crippen molar-refractivity contribution in [3.8, 4) is 0 Å². The van der Waals surface area contributed by atoms with Gasteiger partial charge < -0.3 is 15.1 Å². The first kappa shape index (κ1) is 16.1. The molecule has 2 amide bonds. The molecule has 23 heavy (non-hydrogen) atoms. The third kappa shape index (κ3) is 3.44. The van der Waals surface area contributed by atoms with E-state index in [1.54, 1.807) is 4.90 Å². The summed E-state index contributed by atoms with van der Waals surface area (Å²) < 4.78 is 23.7. The van der Waals surface area contributed by atoms with Crippen molar-refractivity contribution in [3.63, 3.8) is 0 Å². The summed E-state index contributed by atoms with van der Waals surface area (Å²) in [6.45, 7) is 2.14. The van der Waals surface area contributed by atoms with E-state index in [1.165, 1.54) is 0 Å². The summed E-state index contributed by atoms with van der Waals surface area (Å²) in [4.78, 5) is 16.3. The average Bonchev–Trinajstić information content (AvgIpc) is 2.77. The number of carbonyl (C=O) groups is 1. The molecule has 1 atom stereocenters. The molecule has 0 aromatic heterocycles. The first-order chi connectivity index (χ1) is 11.0. The fraction of sp³-hybridized carbons (Fsp3) is 0.562. The van der Waals surface area contributed by atoms with E-state index in [9.17, 15) is 13.2 Å². The van der Waals surface area contributed by atoms with Crippen molar-refractivity contribution in [1.29, 1.82) is 0 Å². The van der Waals surface area contributed by atoms with Crippen molar-refractivity contribution in [3.05, 3.63) is 29.8 Å². The number of sulfone groups is 1. The van der Waals surface area contributed by atoms with E-state index in [2.05, 4.69) is 16.3 Å². The normalized spacial score (nSPS) is 23.3. The molecular formula is C16H23N3O3S. The SMILES string of the molecule is CN1CCN(C(=O)NCC2CCCS2(=O)=O)Cc2ccccc21. The van der Waals surface area contributed by atoms with E-state index in [0.29, 0.717) is 25.9 Å². The van der Waals surface area contributed by atoms with Crippen molar-refractivity contribution < 1.29 is 13.2 Å². The lowest BCUT2D eigenvalue weighted by Gasteiger charge is -2.22. The summed E-state index contributed by atoms with van der Waals surface area (Å²) >= 11 is 0. The van der Waals surface area contributed by atoms with E-state index < -0.39 is 15.1 Å². The number of urea groups is 1. The molecule has 0 bridgehead atoms. The molecule has 1 N–H and O–H groups in total. The lowest BCUT2D eigenvalue weighted by atomic mass is 10.1. The molecule has 126 valence electrons. The quantitative estimate of drug-likeness (QED) is 0.881. The van der Waals surface area contributed by atoms with Crippen LogP contribution < -0.4 is 10.2 Å². The van der Waals surface area contributed by atoms with E-state index in [1.807, 2.05) is 25.2 Å². The zero-order valence-corrected chi connectivity index (χ0v) is 14.2. The van der Waals surface area contributed by atoms with Gasteiger partial charge in [0.25, 0.3) is 0 Å². The molecule has 0 radical (unpaired) electrons. The maximum atomic E-state index is 12.4. The van der Waals surface area contributed by atoms with Crippen LogP contribution in [0.1, 0.15) is 18.4 Å². The second-order valence-electron chi connectivity index (χ2n) is 6.29. The molecule has 1 aromatic carbocycles. The molecule has 3 rings (SSSR count). The van der Waals surface area contributed by atoms with Gasteiger partial charge in [-0.15, -0.1) is 0 Å². The highest BCUT2D eigenvalue weighted by Crippen LogP contribution is 2.24. The van der Waals surface area contributed by atoms with Crippen molar-refractivity contribution in [1.82, 2.24) is 10.2 Å². The summed E-state index contributed by atoms with van der Waals surface area (Å²) in [6, 6.07) is 7.87. The Hall–Kier alpha value is -1.76. The van der Waals surface area contributed by atoms with Gasteiger partial charge in [0.2, 0.25) is 0 Å². The van der Waals surface area contributed by atoms with Crippen molar-refractivity contribution in [2.45, 2.75) is 24.6 Å². The molecule has 1 saturated heterocycles. The Kier molecular flexibility index (Phi) is 4.48. The maximum absolute atomic E-state index is 12.4. The Balaban J connectivity index is 1.64. The summed E-state index contributed by atoms with van der Waals surface area (Å²) in [5.74, 6) is 0.245. The number of benzene rings is 1. The van der Waals surface area contributed by atoms with Gasteiger partial charge in [-0.3, -0.25) is 0 Å². The number of nitrogens with zero attached hydrogens (tertiary/aromatic N) is 2. The average molecular weight is 337 g/mol. The minimum absolute atomic E-state index is 0.183. The number of anilines is 1. The highest BCUT2D eigenvalue weighted by molar-refractivity contribution is 7.92. The van der Waals surface area contributed by atoms with Crippen LogP contribution in [0.3, 0.4) is 0 Å². The number of fused-ring (bicyclic) bond motifs is 1. The molecule has 2 aliphatic heterocycles. The van der Waals surface area contributed by atoms with Crippen LogP contribution >= 0.6 is 0 Å². The molecule has 1 fully saturated rings. The lowest BCUT2D eigenvalue weighted by Crippen LogP contribution is -2.44. The summed E-state index contributed by atoms with van der Waals surface area (Å²) in [5.41, 5.74) is 2.25. The van der Waals surface area contributed by atoms with Crippen LogP contribution in [0.5, 0.6) is 0 Å². The van der Waals surface area contributed by atoms with Gasteiger partial charge in [0.1, 0.15) is 0 Å². The Morgan fingerprint density at radius 3 is 2.83 bits per heavy atom. The molecule has 7 heteroatoms. The van der Waals surface area contributed by atoms with Crippen LogP contribution in [0.4, 0.5) is 10.5 Å². The Morgan fingerprint density at radius 2 is 2.09 bits per heavy atom. The van der Waals surface area contributed by atoms with Gasteiger partial charge >= 0.3 is 6.03 Å². The molecule has 1 aromatic rings. The zero-order chi connectivity index (χ0) is 16.4. The van der Waals surface area contributed by atoms with E-state index in [-0.39, 0.29) is 18.3 Å². The number of carbonyl (C=O) groups excluding carboxylic acids is 1. The predicted molar refractivity (Wildman–Crippen MR) is 90.3 cm³/mol. The molecule has 2 aliphatic rings. The fourth-order valence-corrected chi connectivity index (χ4v) is 5.03. The standard InChI is InChI=1S/C16H23N3O3S/c1-18-8-9-19(12-13-5-2-3-7-15(13)18)16(20)17-11-14-6-4-10-23(14,21)22/h2-3,5,7,14H,4,6,8-12H2,1H3,(H,17,20). The van der Waals surface area contributed by atoms with Crippen LogP contribution in [0.25, 0.3) is 0 Å². The van der Waals surface area contributed by atoms with Crippen LogP contribution in [-0.2, 0) is 16.4 Å². The smallest absolute Gasteiger partial charge is 0.317 e. The van der Waals surface area contributed by atoms with Gasteiger partial charge in [0, 0.05) is 38.9 Å². The number of nitrogens with one attached hydrogen (secondary N) is 1. The second-order valence-corrected chi connectivity index (χ2v) is 8.69. The van der Waals surface area contributed by atoms with Crippen molar-refractivity contribution in [2.75, 3.05) is 37.3 Å². The number of hydrogen-bond acceptors (Lipinski definition) is 4. The van der Waals surface area contributed by atoms with Gasteiger partial charge in [-0.2, -0.15) is 0 Å². The van der Waals surface area contributed by atoms with Crippen molar-refractivity contribution >= 4 is 21.6 Å². The Labute approximate surface area is 137 Å². The number of para-hydroxylation sites is 1. The minimum atomic E-state index is -3.02. The summed E-state index contributed by atoms with van der Waals surface area (Å²) in [5, 5.41) is 2.39. The van der Waals surface area contributed by atoms with Crippen LogP contribution in [-0.4, -0.2) is 57.0 Å². The third-order valence-corrected chi connectivity index (χ3v) is 6.98. The van der Waals surface area contributed by atoms with Crippen LogP contribution in [0.2, 0.25) is 0 Å². The monoisotopic (exact) mass is 337 g/mol. The van der Waals surface area contributed by atoms with Gasteiger partial charge in [-0.1, -0.05) is 18.2 Å². The predicted octanol–water partition coefficient (Wildman–Crippen LogP) is 1.23. The van der Waals surface area contributed by atoms with Crippen molar-refractivity contribution in [2.24, 2.45) is 0 Å². The first-order valence-corrected chi connectivity index (χ1v) is 9.72. The van der Waals surface area contributed by atoms with Crippen LogP contribution in [0.15, 0.2) is 24.3 Å². The highest BCUT2D eigenvalue weighted by Gasteiger charge is 2.32. The maximum Gasteiger partial charge on any atom is 0.317 e. The van der Waals surface area contributed by atoms with E-state index >= 15 is 0 Å². The van der Waals surface area contributed by atoms with E-state index in [0.717, 1.165) is 17.8 Å². The number of rotatable bonds is 2. The topological polar surface area (TPSA) is 69.7 Å². The number of hydrogen-bond donors (Lipinski definition) is 1. The minimum Gasteiger partial charge on any atom is -0.373 e. The second kappa shape index (κ2) is 6.39. The van der Waals surface area contributed by atoms with Gasteiger partial charge in [0.15, 0.2) is 9.84 Å². The molecule has 1 unspecified atom stereocenters. The summed E-state index contributed by atoms with van der Waals surface area (Å²) in [7, 11) is -1.00. The Morgan fingerprint density at radius 1 is 1.30 bits per heavy atom. The third-order valence-electron chi connectivity index (χ3n) is 4.70. The number of amides is 2. The molecule has 2 heterocycles. The Bertz CT molecular complexity index is 690. The molecule has 0 aliphatic carbocycles. The molecule has 0 spiro atoms. The summed E-state index contributed by atoms with van der Waals surface area (Å²) in [6.07, 6.45) is 1.35. The van der Waals surface area contributed by atoms with Gasteiger partial charge in [-0.25, -0.2) is 13.2 Å². The first-order valence-electron chi connectivity index (χ1n) is 8.01. The van der Waals surface area contributed by atoms with Crippen LogP contribution in [0, 0.1) is 0 Å². The van der Waals surface area contributed by atoms with Gasteiger partial charge in [0.05, 0.1) is 11.0 Å². The zero-order valence-electron chi connectivity index (χ0n) is 13.4. The molecular weight excluding hydrogens is 314 g/mol. The molecule has 0 saturated carbocycles. The highest BCUT2D eigenvalue weighted by atomic mass is 32.2. The number of likely N-dealkylation sites (N-methyl/N-ethyl adjacent to an activating group) is 1. The molecule has 6 nitrogen and oxygen atoms in total. The lowest BCUT2D eigenvalue weighted by molar-refractivity contribution is 0.197. The largest absolute Gasteiger partial charge is 0.373 e.